The summed E-state index contributed by atoms with van der Waals surface area (Å²) in [5.41, 5.74) is 2.77. The molecule has 0 saturated carbocycles. The molecule has 0 aliphatic heterocycles. The van der Waals surface area contributed by atoms with Gasteiger partial charge in [0, 0.05) is 23.9 Å². The molecule has 2 atom stereocenters. The summed E-state index contributed by atoms with van der Waals surface area (Å²) in [4.78, 5) is 24.2. The molecule has 10 nitrogen and oxygen atoms in total. The van der Waals surface area contributed by atoms with Gasteiger partial charge in [0.1, 0.15) is 18.5 Å². The summed E-state index contributed by atoms with van der Waals surface area (Å²) in [6.45, 7) is 1.76. The Morgan fingerprint density at radius 2 is 1.91 bits per heavy atom. The van der Waals surface area contributed by atoms with E-state index < -0.39 is 24.2 Å². The van der Waals surface area contributed by atoms with Gasteiger partial charge in [-0.25, -0.2) is 10.3 Å². The Kier molecular flexibility index (Phi) is 10.4. The van der Waals surface area contributed by atoms with Crippen LogP contribution in [-0.4, -0.2) is 48.2 Å². The average Bonchev–Trinajstić information content (AvgIpc) is 2.84. The van der Waals surface area contributed by atoms with Crippen molar-refractivity contribution in [2.24, 2.45) is 0 Å². The summed E-state index contributed by atoms with van der Waals surface area (Å²) in [6.07, 6.45) is -0.394. The Labute approximate surface area is 191 Å². The highest BCUT2D eigenvalue weighted by Gasteiger charge is 2.29. The molecule has 2 rings (SSSR count). The molecule has 0 radical (unpaired) electrons. The van der Waals surface area contributed by atoms with Crippen LogP contribution in [-0.2, 0) is 14.3 Å². The van der Waals surface area contributed by atoms with Gasteiger partial charge in [-0.15, -0.1) is 0 Å². The smallest absolute Gasteiger partial charge is 0.412 e. The lowest BCUT2D eigenvalue weighted by atomic mass is 10.0. The summed E-state index contributed by atoms with van der Waals surface area (Å²) in [6, 6.07) is 14.9. The Hall–Kier alpha value is -3.91. The highest BCUT2D eigenvalue weighted by atomic mass is 16.6. The predicted octanol–water partition coefficient (Wildman–Crippen LogP) is 2.69. The first-order valence-electron chi connectivity index (χ1n) is 10.1. The van der Waals surface area contributed by atoms with E-state index in [-0.39, 0.29) is 19.8 Å². The van der Waals surface area contributed by atoms with Gasteiger partial charge in [0.05, 0.1) is 18.2 Å². The summed E-state index contributed by atoms with van der Waals surface area (Å²) in [5, 5.41) is 29.4. The zero-order valence-corrected chi connectivity index (χ0v) is 17.9. The van der Waals surface area contributed by atoms with Gasteiger partial charge in [-0.3, -0.25) is 15.3 Å². The van der Waals surface area contributed by atoms with Gasteiger partial charge >= 0.3 is 6.09 Å². The number of hydrogen-bond donors (Lipinski definition) is 4. The first-order chi connectivity index (χ1) is 16.0. The fraction of sp³-hybridized carbons (Fsp3) is 0.261. The van der Waals surface area contributed by atoms with Crippen LogP contribution in [0.3, 0.4) is 0 Å². The molecular formula is C23H25N3O7. The maximum atomic E-state index is 12.7. The van der Waals surface area contributed by atoms with Crippen LogP contribution >= 0.6 is 0 Å². The molecule has 2 aromatic rings. The van der Waals surface area contributed by atoms with Crippen molar-refractivity contribution in [1.82, 2.24) is 5.48 Å². The number of para-hydroxylation sites is 1. The number of aliphatic hydroxyl groups excluding tert-OH is 1. The highest BCUT2D eigenvalue weighted by Crippen LogP contribution is 2.32. The topological polar surface area (TPSA) is 150 Å². The number of carbonyl (C=O) groups is 2. The molecular weight excluding hydrogens is 430 g/mol. The molecule has 0 aromatic heterocycles. The Bertz CT molecular complexity index is 986. The van der Waals surface area contributed by atoms with Gasteiger partial charge in [-0.1, -0.05) is 18.2 Å². The van der Waals surface area contributed by atoms with E-state index >= 15 is 0 Å². The maximum Gasteiger partial charge on any atom is 0.412 e. The minimum Gasteiger partial charge on any atom is -0.491 e. The number of ether oxygens (including phenoxy) is 3. The van der Waals surface area contributed by atoms with Crippen LogP contribution in [0.1, 0.15) is 24.2 Å². The number of nitrogens with zero attached hydrogens (tertiary/aromatic N) is 1. The highest BCUT2D eigenvalue weighted by molar-refractivity contribution is 5.86. The zero-order valence-electron chi connectivity index (χ0n) is 17.9. The molecule has 2 aromatic carbocycles. The van der Waals surface area contributed by atoms with Crippen molar-refractivity contribution in [2.45, 2.75) is 19.1 Å². The number of hydroxylamine groups is 1. The molecule has 2 amide bonds. The standard InChI is InChI=1S/C23H25N3O7/c1-2-31-20(11-12-21(28)26-30)22(18-5-3-4-6-19(18)32-14-13-27)33-23(29)25-17-9-7-16(15-24)8-10-17/h3-12,20,22,27,30H,2,13-14H2,1H3,(H,25,29)(H,26,28)/b12-11+/t20-,22-/m1/s1. The van der Waals surface area contributed by atoms with Gasteiger partial charge in [0.2, 0.25) is 0 Å². The van der Waals surface area contributed by atoms with Crippen molar-refractivity contribution >= 4 is 17.7 Å². The van der Waals surface area contributed by atoms with Crippen LogP contribution in [0.15, 0.2) is 60.7 Å². The molecule has 0 aliphatic rings. The molecule has 0 spiro atoms. The van der Waals surface area contributed by atoms with Crippen molar-refractivity contribution < 1.29 is 34.1 Å². The van der Waals surface area contributed by atoms with E-state index in [0.717, 1.165) is 6.08 Å². The summed E-state index contributed by atoms with van der Waals surface area (Å²) < 4.78 is 16.9. The van der Waals surface area contributed by atoms with Crippen LogP contribution in [0, 0.1) is 11.3 Å². The van der Waals surface area contributed by atoms with E-state index in [9.17, 15) is 9.59 Å². The van der Waals surface area contributed by atoms with Gasteiger partial charge in [0.15, 0.2) is 6.10 Å². The van der Waals surface area contributed by atoms with E-state index in [4.69, 9.17) is 29.8 Å². The number of amides is 2. The van der Waals surface area contributed by atoms with Crippen molar-refractivity contribution in [2.75, 3.05) is 25.1 Å². The summed E-state index contributed by atoms with van der Waals surface area (Å²) in [7, 11) is 0. The third kappa shape index (κ3) is 7.93. The van der Waals surface area contributed by atoms with E-state index in [2.05, 4.69) is 5.32 Å². The number of nitriles is 1. The third-order valence-corrected chi connectivity index (χ3v) is 4.27. The van der Waals surface area contributed by atoms with E-state index in [1.807, 2.05) is 6.07 Å². The number of anilines is 1. The number of carbonyl (C=O) groups excluding carboxylic acids is 2. The van der Waals surface area contributed by atoms with Crippen molar-refractivity contribution in [3.63, 3.8) is 0 Å². The van der Waals surface area contributed by atoms with Crippen LogP contribution in [0.25, 0.3) is 0 Å². The lowest BCUT2D eigenvalue weighted by molar-refractivity contribution is -0.124. The SMILES string of the molecule is CCO[C@H](/C=C/C(=O)NO)[C@H](OC(=O)Nc1ccc(C#N)cc1)c1ccccc1OCCO. The second-order valence-corrected chi connectivity index (χ2v) is 6.51. The van der Waals surface area contributed by atoms with Crippen molar-refractivity contribution in [3.05, 3.63) is 71.8 Å². The lowest BCUT2D eigenvalue weighted by Crippen LogP contribution is -2.28. The maximum absolute atomic E-state index is 12.7. The number of benzene rings is 2. The Balaban J connectivity index is 2.36. The largest absolute Gasteiger partial charge is 0.491 e. The molecule has 0 fully saturated rings. The summed E-state index contributed by atoms with van der Waals surface area (Å²) in [5.74, 6) is -0.433. The van der Waals surface area contributed by atoms with E-state index in [0.29, 0.717) is 22.6 Å². The van der Waals surface area contributed by atoms with Gasteiger partial charge < -0.3 is 19.3 Å². The Morgan fingerprint density at radius 1 is 1.18 bits per heavy atom. The fourth-order valence-corrected chi connectivity index (χ4v) is 2.86. The minimum absolute atomic E-state index is 0.0171. The first-order valence-corrected chi connectivity index (χ1v) is 10.1. The van der Waals surface area contributed by atoms with Crippen LogP contribution in [0.5, 0.6) is 5.75 Å². The van der Waals surface area contributed by atoms with Crippen LogP contribution < -0.4 is 15.5 Å². The zero-order chi connectivity index (χ0) is 24.1. The summed E-state index contributed by atoms with van der Waals surface area (Å²) >= 11 is 0. The number of hydrogen-bond acceptors (Lipinski definition) is 8. The molecule has 0 aliphatic carbocycles. The normalized spacial score (nSPS) is 12.4. The minimum atomic E-state index is -1.05. The van der Waals surface area contributed by atoms with E-state index in [1.165, 1.54) is 11.6 Å². The van der Waals surface area contributed by atoms with Gasteiger partial charge in [-0.2, -0.15) is 5.26 Å². The Morgan fingerprint density at radius 3 is 2.55 bits per heavy atom. The number of aliphatic hydroxyl groups is 1. The predicted molar refractivity (Wildman–Crippen MR) is 118 cm³/mol. The van der Waals surface area contributed by atoms with E-state index in [1.54, 1.807) is 55.5 Å². The quantitative estimate of drug-likeness (QED) is 0.229. The molecule has 0 saturated heterocycles. The van der Waals surface area contributed by atoms with Crippen molar-refractivity contribution in [3.8, 4) is 11.8 Å². The number of nitrogens with one attached hydrogen (secondary N) is 2. The molecule has 174 valence electrons. The first kappa shape index (κ1) is 25.4. The van der Waals surface area contributed by atoms with Crippen molar-refractivity contribution in [1.29, 1.82) is 5.26 Å². The second-order valence-electron chi connectivity index (χ2n) is 6.51. The van der Waals surface area contributed by atoms with Crippen LogP contribution in [0.2, 0.25) is 0 Å². The molecule has 0 heterocycles. The van der Waals surface area contributed by atoms with Gasteiger partial charge in [-0.05, 0) is 43.3 Å². The number of rotatable bonds is 11. The molecule has 33 heavy (non-hydrogen) atoms. The molecule has 0 unspecified atom stereocenters. The molecule has 4 N–H and O–H groups in total. The monoisotopic (exact) mass is 455 g/mol. The van der Waals surface area contributed by atoms with Gasteiger partial charge in [0.25, 0.3) is 5.91 Å². The second kappa shape index (κ2) is 13.5. The third-order valence-electron chi connectivity index (χ3n) is 4.27. The van der Waals surface area contributed by atoms with Crippen LogP contribution in [0.4, 0.5) is 10.5 Å². The lowest BCUT2D eigenvalue weighted by Gasteiger charge is -2.27. The molecule has 0 bridgehead atoms. The fourth-order valence-electron chi connectivity index (χ4n) is 2.86. The molecule has 10 heteroatoms. The average molecular weight is 455 g/mol.